The molecule has 0 radical (unpaired) electrons. The number of rotatable bonds is 11. The van der Waals surface area contributed by atoms with E-state index in [0.717, 1.165) is 0 Å². The van der Waals surface area contributed by atoms with Crippen molar-refractivity contribution in [3.63, 3.8) is 0 Å². The zero-order valence-corrected chi connectivity index (χ0v) is 18.5. The third kappa shape index (κ3) is 8.27. The van der Waals surface area contributed by atoms with Gasteiger partial charge in [0.1, 0.15) is 6.42 Å². The molecule has 0 spiro atoms. The van der Waals surface area contributed by atoms with Gasteiger partial charge in [0, 0.05) is 0 Å². The quantitative estimate of drug-likeness (QED) is 0.230. The van der Waals surface area contributed by atoms with Gasteiger partial charge in [0.2, 0.25) is 11.8 Å². The number of nitrogens with one attached hydrogen (secondary N) is 2. The Kier molecular flexibility index (Phi) is 9.99. The molecular weight excluding hydrogens is 438 g/mol. The molecule has 0 aliphatic heterocycles. The Morgan fingerprint density at radius 3 is 2.50 bits per heavy atom. The predicted molar refractivity (Wildman–Crippen MR) is 120 cm³/mol. The van der Waals surface area contributed by atoms with Gasteiger partial charge in [-0.05, 0) is 49.7 Å². The number of esters is 1. The van der Waals surface area contributed by atoms with Gasteiger partial charge in [-0.3, -0.25) is 9.59 Å². The van der Waals surface area contributed by atoms with Crippen LogP contribution in [0.3, 0.4) is 0 Å². The lowest BCUT2D eigenvalue weighted by molar-refractivity contribution is -0.145. The zero-order chi connectivity index (χ0) is 23.3. The number of nitrogens with zero attached hydrogens (tertiary/aromatic N) is 1. The van der Waals surface area contributed by atoms with Gasteiger partial charge in [-0.25, -0.2) is 10.2 Å². The van der Waals surface area contributed by atoms with E-state index in [0.29, 0.717) is 34.4 Å². The molecule has 2 aromatic rings. The molecule has 0 fully saturated rings. The van der Waals surface area contributed by atoms with Gasteiger partial charge in [-0.15, -0.1) is 0 Å². The molecule has 2 rings (SSSR count). The summed E-state index contributed by atoms with van der Waals surface area (Å²) >= 11 is 5.97. The number of anilines is 1. The summed E-state index contributed by atoms with van der Waals surface area (Å²) in [6, 6.07) is 11.6. The van der Waals surface area contributed by atoms with E-state index in [2.05, 4.69) is 15.8 Å². The van der Waals surface area contributed by atoms with Crippen LogP contribution in [-0.4, -0.2) is 43.8 Å². The molecule has 0 aliphatic rings. The van der Waals surface area contributed by atoms with Crippen LogP contribution < -0.4 is 20.2 Å². The van der Waals surface area contributed by atoms with Gasteiger partial charge in [0.25, 0.3) is 0 Å². The predicted octanol–water partition coefficient (Wildman–Crippen LogP) is 3.16. The Bertz CT molecular complexity index is 980. The van der Waals surface area contributed by atoms with Crippen LogP contribution in [0, 0.1) is 0 Å². The van der Waals surface area contributed by atoms with E-state index < -0.39 is 24.2 Å². The van der Waals surface area contributed by atoms with Gasteiger partial charge < -0.3 is 19.5 Å². The van der Waals surface area contributed by atoms with Gasteiger partial charge in [0.05, 0.1) is 30.1 Å². The smallest absolute Gasteiger partial charge is 0.344 e. The van der Waals surface area contributed by atoms with E-state index >= 15 is 0 Å². The van der Waals surface area contributed by atoms with Crippen LogP contribution in [0.15, 0.2) is 47.6 Å². The number of amides is 2. The van der Waals surface area contributed by atoms with Gasteiger partial charge in [-0.2, -0.15) is 5.10 Å². The molecule has 32 heavy (non-hydrogen) atoms. The van der Waals surface area contributed by atoms with Crippen molar-refractivity contribution < 1.29 is 28.6 Å². The minimum atomic E-state index is -0.592. The first-order valence-electron chi connectivity index (χ1n) is 9.84. The van der Waals surface area contributed by atoms with Gasteiger partial charge >= 0.3 is 5.97 Å². The number of hydrogen-bond acceptors (Lipinski definition) is 7. The van der Waals surface area contributed by atoms with Crippen molar-refractivity contribution in [2.24, 2.45) is 5.10 Å². The van der Waals surface area contributed by atoms with E-state index in [9.17, 15) is 14.4 Å². The molecule has 2 amide bonds. The second-order valence-corrected chi connectivity index (χ2v) is 6.64. The van der Waals surface area contributed by atoms with Crippen LogP contribution in [0.2, 0.25) is 5.02 Å². The minimum absolute atomic E-state index is 0.242. The van der Waals surface area contributed by atoms with E-state index in [4.69, 9.17) is 25.8 Å². The van der Waals surface area contributed by atoms with E-state index in [1.807, 2.05) is 6.92 Å². The topological polar surface area (TPSA) is 115 Å². The van der Waals surface area contributed by atoms with Crippen LogP contribution in [0.4, 0.5) is 5.69 Å². The summed E-state index contributed by atoms with van der Waals surface area (Å²) in [5.74, 6) is -0.817. The second-order valence-electron chi connectivity index (χ2n) is 6.23. The number of para-hydroxylation sites is 1. The summed E-state index contributed by atoms with van der Waals surface area (Å²) in [4.78, 5) is 35.4. The highest BCUT2D eigenvalue weighted by Crippen LogP contribution is 2.28. The number of benzene rings is 2. The fourth-order valence-corrected chi connectivity index (χ4v) is 2.64. The molecule has 0 atom stereocenters. The van der Waals surface area contributed by atoms with Crippen molar-refractivity contribution in [3.8, 4) is 11.5 Å². The maximum absolute atomic E-state index is 12.0. The first-order chi connectivity index (χ1) is 15.4. The monoisotopic (exact) mass is 461 g/mol. The fourth-order valence-electron chi connectivity index (χ4n) is 2.45. The largest absolute Gasteiger partial charge is 0.490 e. The highest BCUT2D eigenvalue weighted by Gasteiger charge is 2.11. The maximum atomic E-state index is 12.0. The zero-order valence-electron chi connectivity index (χ0n) is 17.7. The number of carbonyl (C=O) groups is 3. The Balaban J connectivity index is 1.90. The molecule has 0 unspecified atom stereocenters. The van der Waals surface area contributed by atoms with Crippen LogP contribution >= 0.6 is 11.6 Å². The van der Waals surface area contributed by atoms with Gasteiger partial charge in [-0.1, -0.05) is 23.7 Å². The molecule has 10 heteroatoms. The summed E-state index contributed by atoms with van der Waals surface area (Å²) < 4.78 is 15.8. The van der Waals surface area contributed by atoms with Crippen LogP contribution in [-0.2, 0) is 19.1 Å². The molecule has 0 saturated carbocycles. The number of carbonyl (C=O) groups excluding carboxylic acids is 3. The second kappa shape index (κ2) is 13.0. The third-order valence-electron chi connectivity index (χ3n) is 3.79. The molecule has 2 aromatic carbocycles. The SMILES string of the molecule is CCOC(=O)COc1ccc(C=NNC(=O)CC(=O)Nc2ccccc2Cl)cc1OCC. The van der Waals surface area contributed by atoms with Crippen LogP contribution in [0.5, 0.6) is 11.5 Å². The summed E-state index contributed by atoms with van der Waals surface area (Å²) in [5, 5.41) is 6.78. The normalized spacial score (nSPS) is 10.5. The van der Waals surface area contributed by atoms with Crippen molar-refractivity contribution in [3.05, 3.63) is 53.1 Å². The lowest BCUT2D eigenvalue weighted by Crippen LogP contribution is -2.24. The average Bonchev–Trinajstić information content (AvgIpc) is 2.75. The molecule has 170 valence electrons. The lowest BCUT2D eigenvalue weighted by atomic mass is 10.2. The van der Waals surface area contributed by atoms with Crippen molar-refractivity contribution in [1.82, 2.24) is 5.43 Å². The number of ether oxygens (including phenoxy) is 3. The standard InChI is InChI=1S/C22H24ClN3O6/c1-3-30-19-11-15(9-10-18(19)32-14-22(29)31-4-2)13-24-26-21(28)12-20(27)25-17-8-6-5-7-16(17)23/h5-11,13H,3-4,12,14H2,1-2H3,(H,25,27)(H,26,28). The summed E-state index contributed by atoms with van der Waals surface area (Å²) in [6.07, 6.45) is 0.967. The Morgan fingerprint density at radius 1 is 1.00 bits per heavy atom. The van der Waals surface area contributed by atoms with Crippen LogP contribution in [0.1, 0.15) is 25.8 Å². The highest BCUT2D eigenvalue weighted by atomic mass is 35.5. The number of hydrazone groups is 1. The Morgan fingerprint density at radius 2 is 1.78 bits per heavy atom. The molecule has 0 aliphatic carbocycles. The minimum Gasteiger partial charge on any atom is -0.490 e. The van der Waals surface area contributed by atoms with E-state index in [-0.39, 0.29) is 13.2 Å². The maximum Gasteiger partial charge on any atom is 0.344 e. The Hall–Kier alpha value is -3.59. The number of hydrogen-bond donors (Lipinski definition) is 2. The van der Waals surface area contributed by atoms with Crippen LogP contribution in [0.25, 0.3) is 0 Å². The third-order valence-corrected chi connectivity index (χ3v) is 4.12. The first-order valence-corrected chi connectivity index (χ1v) is 10.2. The Labute approximate surface area is 190 Å². The highest BCUT2D eigenvalue weighted by molar-refractivity contribution is 6.33. The average molecular weight is 462 g/mol. The summed E-state index contributed by atoms with van der Waals surface area (Å²) in [5.41, 5.74) is 3.32. The van der Waals surface area contributed by atoms with E-state index in [1.54, 1.807) is 49.4 Å². The molecule has 0 heterocycles. The summed E-state index contributed by atoms with van der Waals surface area (Å²) in [7, 11) is 0. The van der Waals surface area contributed by atoms with Crippen molar-refractivity contribution in [1.29, 1.82) is 0 Å². The molecule has 0 saturated heterocycles. The molecule has 0 aromatic heterocycles. The molecule has 2 N–H and O–H groups in total. The van der Waals surface area contributed by atoms with Crippen molar-refractivity contribution in [2.75, 3.05) is 25.1 Å². The molecule has 9 nitrogen and oxygen atoms in total. The molecule has 0 bridgehead atoms. The van der Waals surface area contributed by atoms with Gasteiger partial charge in [0.15, 0.2) is 18.1 Å². The lowest BCUT2D eigenvalue weighted by Gasteiger charge is -2.12. The molecular formula is C22H24ClN3O6. The first kappa shape index (κ1) is 24.7. The summed E-state index contributed by atoms with van der Waals surface area (Å²) in [6.45, 7) is 3.93. The van der Waals surface area contributed by atoms with E-state index in [1.165, 1.54) is 6.21 Å². The van der Waals surface area contributed by atoms with Crippen molar-refractivity contribution in [2.45, 2.75) is 20.3 Å². The number of halogens is 1. The van der Waals surface area contributed by atoms with Crippen molar-refractivity contribution >= 4 is 41.3 Å². The fraction of sp³-hybridized carbons (Fsp3) is 0.273.